The molecule has 0 aromatic carbocycles. The number of ether oxygens (including phenoxy) is 2. The fourth-order valence-corrected chi connectivity index (χ4v) is 1.75. The maximum absolute atomic E-state index is 11.4. The van der Waals surface area contributed by atoms with E-state index in [0.717, 1.165) is 25.7 Å². The highest BCUT2D eigenvalue weighted by molar-refractivity contribution is 5.97. The van der Waals surface area contributed by atoms with Crippen molar-refractivity contribution >= 4 is 11.9 Å². The Morgan fingerprint density at radius 2 is 1.83 bits per heavy atom. The van der Waals surface area contributed by atoms with Gasteiger partial charge in [-0.15, -0.1) is 4.85 Å². The van der Waals surface area contributed by atoms with Crippen LogP contribution in [0.3, 0.4) is 0 Å². The van der Waals surface area contributed by atoms with Gasteiger partial charge in [0.25, 0.3) is 12.0 Å². The lowest BCUT2D eigenvalue weighted by Crippen LogP contribution is -2.09. The van der Waals surface area contributed by atoms with Crippen LogP contribution in [0.1, 0.15) is 32.1 Å². The lowest BCUT2D eigenvalue weighted by Gasteiger charge is -2.09. The SMILES string of the molecule is COC(=O)[C-]=C(C#[N+]C1CCCCC1)C(=O)OC. The highest BCUT2D eigenvalue weighted by Crippen LogP contribution is 2.20. The van der Waals surface area contributed by atoms with Crippen molar-refractivity contribution in [3.05, 3.63) is 16.5 Å². The molecule has 5 heteroatoms. The second-order valence-corrected chi connectivity index (χ2v) is 4.02. The van der Waals surface area contributed by atoms with Gasteiger partial charge in [0.05, 0.1) is 14.2 Å². The van der Waals surface area contributed by atoms with E-state index in [0.29, 0.717) is 0 Å². The largest absolute Gasteiger partial charge is 0.522 e. The Morgan fingerprint density at radius 1 is 1.17 bits per heavy atom. The number of rotatable bonds is 2. The Kier molecular flexibility index (Phi) is 5.92. The first-order valence-electron chi connectivity index (χ1n) is 5.93. The van der Waals surface area contributed by atoms with Crippen molar-refractivity contribution in [1.29, 1.82) is 0 Å². The summed E-state index contributed by atoms with van der Waals surface area (Å²) < 4.78 is 8.94. The monoisotopic (exact) mass is 251 g/mol. The first-order valence-corrected chi connectivity index (χ1v) is 5.93. The van der Waals surface area contributed by atoms with Gasteiger partial charge in [0.2, 0.25) is 5.97 Å². The van der Waals surface area contributed by atoms with E-state index in [1.165, 1.54) is 20.6 Å². The summed E-state index contributed by atoms with van der Waals surface area (Å²) in [5.74, 6) is -1.44. The van der Waals surface area contributed by atoms with E-state index in [9.17, 15) is 9.59 Å². The molecule has 1 rings (SSSR count). The molecule has 5 nitrogen and oxygen atoms in total. The molecule has 0 aromatic rings. The highest BCUT2D eigenvalue weighted by atomic mass is 16.5. The molecule has 98 valence electrons. The van der Waals surface area contributed by atoms with Crippen LogP contribution in [0.2, 0.25) is 0 Å². The van der Waals surface area contributed by atoms with E-state index in [1.807, 2.05) is 0 Å². The van der Waals surface area contributed by atoms with Gasteiger partial charge in [-0.3, -0.25) is 4.79 Å². The van der Waals surface area contributed by atoms with Crippen LogP contribution in [0, 0.1) is 12.1 Å². The summed E-state index contributed by atoms with van der Waals surface area (Å²) >= 11 is 0. The van der Waals surface area contributed by atoms with Crippen LogP contribution in [-0.4, -0.2) is 32.2 Å². The molecule has 0 saturated heterocycles. The zero-order valence-electron chi connectivity index (χ0n) is 10.7. The first-order chi connectivity index (χ1) is 8.67. The van der Waals surface area contributed by atoms with Gasteiger partial charge in [0.1, 0.15) is 0 Å². The predicted molar refractivity (Wildman–Crippen MR) is 64.9 cm³/mol. The van der Waals surface area contributed by atoms with Crippen LogP contribution in [0.25, 0.3) is 4.85 Å². The lowest BCUT2D eigenvalue weighted by molar-refractivity contribution is -0.138. The molecule has 0 heterocycles. The van der Waals surface area contributed by atoms with Crippen LogP contribution in [-0.2, 0) is 19.1 Å². The molecule has 1 fully saturated rings. The third kappa shape index (κ3) is 4.58. The Morgan fingerprint density at radius 3 is 2.39 bits per heavy atom. The van der Waals surface area contributed by atoms with E-state index in [4.69, 9.17) is 0 Å². The summed E-state index contributed by atoms with van der Waals surface area (Å²) in [7, 11) is 2.44. The quantitative estimate of drug-likeness (QED) is 0.324. The third-order valence-electron chi connectivity index (χ3n) is 2.74. The molecule has 0 bridgehead atoms. The summed E-state index contributed by atoms with van der Waals surface area (Å²) in [6, 6.07) is 2.73. The predicted octanol–water partition coefficient (Wildman–Crippen LogP) is 1.73. The van der Waals surface area contributed by atoms with Crippen molar-refractivity contribution < 1.29 is 19.1 Å². The van der Waals surface area contributed by atoms with E-state index in [2.05, 4.69) is 26.5 Å². The van der Waals surface area contributed by atoms with Gasteiger partial charge in [-0.05, 0) is 12.8 Å². The van der Waals surface area contributed by atoms with Crippen molar-refractivity contribution in [2.24, 2.45) is 0 Å². The molecular formula is C13H17NO4. The topological polar surface area (TPSA) is 57.0 Å². The van der Waals surface area contributed by atoms with Crippen molar-refractivity contribution in [1.82, 2.24) is 0 Å². The fourth-order valence-electron chi connectivity index (χ4n) is 1.75. The number of hydrogen-bond acceptors (Lipinski definition) is 4. The molecule has 0 radical (unpaired) electrons. The van der Waals surface area contributed by atoms with Gasteiger partial charge in [0, 0.05) is 18.4 Å². The first kappa shape index (κ1) is 14.2. The minimum atomic E-state index is -0.748. The van der Waals surface area contributed by atoms with Crippen molar-refractivity contribution in [3.63, 3.8) is 0 Å². The van der Waals surface area contributed by atoms with Crippen molar-refractivity contribution in [2.75, 3.05) is 14.2 Å². The molecule has 0 unspecified atom stereocenters. The Labute approximate surface area is 107 Å². The summed E-state index contributed by atoms with van der Waals surface area (Å²) in [6.07, 6.45) is 7.69. The third-order valence-corrected chi connectivity index (χ3v) is 2.74. The molecule has 1 aliphatic carbocycles. The Bertz CT molecular complexity index is 397. The molecule has 0 N–H and O–H groups in total. The fraction of sp³-hybridized carbons (Fsp3) is 0.615. The Balaban J connectivity index is 2.78. The average molecular weight is 251 g/mol. The molecule has 0 atom stereocenters. The van der Waals surface area contributed by atoms with Crippen LogP contribution < -0.4 is 0 Å². The number of hydrogen-bond donors (Lipinski definition) is 0. The van der Waals surface area contributed by atoms with E-state index >= 15 is 0 Å². The van der Waals surface area contributed by atoms with Gasteiger partial charge < -0.3 is 14.3 Å². The number of nitrogens with zero attached hydrogens (tertiary/aromatic N) is 1. The standard InChI is InChI=1S/C13H17NO4/c1-17-12(15)8-10(13(16)18-2)9-14-11-6-4-3-5-7-11/h11H,3-7H2,1-2H3. The van der Waals surface area contributed by atoms with Gasteiger partial charge in [-0.2, -0.15) is 0 Å². The molecule has 0 spiro atoms. The Hall–Kier alpha value is -1.83. The van der Waals surface area contributed by atoms with Crippen LogP contribution in [0.15, 0.2) is 5.57 Å². The summed E-state index contributed by atoms with van der Waals surface area (Å²) in [6.45, 7) is 0. The van der Waals surface area contributed by atoms with Crippen LogP contribution >= 0.6 is 0 Å². The van der Waals surface area contributed by atoms with Gasteiger partial charge in [0.15, 0.2) is 6.07 Å². The van der Waals surface area contributed by atoms with Crippen molar-refractivity contribution in [3.8, 4) is 6.07 Å². The lowest BCUT2D eigenvalue weighted by atomic mass is 9.96. The molecule has 1 saturated carbocycles. The van der Waals surface area contributed by atoms with E-state index in [1.54, 1.807) is 0 Å². The minimum absolute atomic E-state index is 0.130. The zero-order chi connectivity index (χ0) is 13.4. The van der Waals surface area contributed by atoms with Gasteiger partial charge in [-0.25, -0.2) is 0 Å². The summed E-state index contributed by atoms with van der Waals surface area (Å²) in [4.78, 5) is 26.6. The van der Waals surface area contributed by atoms with Gasteiger partial charge in [-0.1, -0.05) is 12.5 Å². The summed E-state index contributed by atoms with van der Waals surface area (Å²) in [5, 5.41) is 0. The molecule has 0 aliphatic heterocycles. The minimum Gasteiger partial charge on any atom is -0.522 e. The maximum atomic E-state index is 11.4. The molecule has 0 amide bonds. The second kappa shape index (κ2) is 7.49. The summed E-state index contributed by atoms with van der Waals surface area (Å²) in [5.41, 5.74) is -0.130. The van der Waals surface area contributed by atoms with Crippen molar-refractivity contribution in [2.45, 2.75) is 38.1 Å². The average Bonchev–Trinajstić information content (AvgIpc) is 2.43. The van der Waals surface area contributed by atoms with Crippen LogP contribution in [0.4, 0.5) is 0 Å². The van der Waals surface area contributed by atoms with E-state index < -0.39 is 11.9 Å². The number of carbonyl (C=O) groups is 2. The zero-order valence-corrected chi connectivity index (χ0v) is 10.7. The molecular weight excluding hydrogens is 234 g/mol. The highest BCUT2D eigenvalue weighted by Gasteiger charge is 2.19. The number of carbonyl (C=O) groups excluding carboxylic acids is 2. The van der Waals surface area contributed by atoms with Gasteiger partial charge >= 0.3 is 0 Å². The smallest absolute Gasteiger partial charge is 0.271 e. The molecule has 18 heavy (non-hydrogen) atoms. The van der Waals surface area contributed by atoms with Crippen LogP contribution in [0.5, 0.6) is 0 Å². The second-order valence-electron chi connectivity index (χ2n) is 4.02. The number of esters is 2. The normalized spacial score (nSPS) is 16.4. The number of methoxy groups -OCH3 is 2. The van der Waals surface area contributed by atoms with E-state index in [-0.39, 0.29) is 11.6 Å². The molecule has 1 aliphatic rings. The molecule has 0 aromatic heterocycles. The maximum Gasteiger partial charge on any atom is 0.271 e.